The third-order valence-corrected chi connectivity index (χ3v) is 5.83. The zero-order chi connectivity index (χ0) is 15.4. The van der Waals surface area contributed by atoms with Crippen molar-refractivity contribution < 1.29 is 9.90 Å². The van der Waals surface area contributed by atoms with Crippen LogP contribution in [-0.4, -0.2) is 41.1 Å². The van der Waals surface area contributed by atoms with Crippen LogP contribution in [0.1, 0.15) is 43.4 Å². The summed E-state index contributed by atoms with van der Waals surface area (Å²) in [5.74, 6) is 0.350. The standard InChI is InChI=1S/C17H26N2O2S/c20-16(17(21)7-1-2-8-17)18-11-14-5-3-9-19(12-14)13-15-6-4-10-22-15/h4,6,10,14,21H,1-3,5,7-9,11-13H2,(H,18,20). The van der Waals surface area contributed by atoms with Gasteiger partial charge in [-0.2, -0.15) is 0 Å². The van der Waals surface area contributed by atoms with Gasteiger partial charge in [0.2, 0.25) is 0 Å². The first-order valence-electron chi connectivity index (χ1n) is 8.41. The van der Waals surface area contributed by atoms with E-state index >= 15 is 0 Å². The van der Waals surface area contributed by atoms with Gasteiger partial charge >= 0.3 is 0 Å². The summed E-state index contributed by atoms with van der Waals surface area (Å²) in [5.41, 5.74) is -1.09. The molecule has 22 heavy (non-hydrogen) atoms. The Labute approximate surface area is 136 Å². The lowest BCUT2D eigenvalue weighted by atomic mass is 9.96. The van der Waals surface area contributed by atoms with Crippen LogP contribution in [0.5, 0.6) is 0 Å². The number of thiophene rings is 1. The molecule has 1 unspecified atom stereocenters. The number of nitrogens with zero attached hydrogens (tertiary/aromatic N) is 1. The number of carbonyl (C=O) groups excluding carboxylic acids is 1. The zero-order valence-electron chi connectivity index (χ0n) is 13.1. The molecule has 1 amide bonds. The summed E-state index contributed by atoms with van der Waals surface area (Å²) in [6, 6.07) is 4.29. The van der Waals surface area contributed by atoms with E-state index in [0.29, 0.717) is 25.3 Å². The van der Waals surface area contributed by atoms with Crippen LogP contribution >= 0.6 is 11.3 Å². The van der Waals surface area contributed by atoms with Gasteiger partial charge in [-0.05, 0) is 62.4 Å². The highest BCUT2D eigenvalue weighted by molar-refractivity contribution is 7.09. The molecule has 0 spiro atoms. The normalized spacial score (nSPS) is 25.2. The molecule has 2 aliphatic rings. The minimum Gasteiger partial charge on any atom is -0.380 e. The van der Waals surface area contributed by atoms with Gasteiger partial charge in [0.05, 0.1) is 0 Å². The first-order valence-corrected chi connectivity index (χ1v) is 9.29. The SMILES string of the molecule is O=C(NCC1CCCN(Cc2cccs2)C1)C1(O)CCCC1. The molecule has 1 aromatic heterocycles. The molecule has 1 aliphatic heterocycles. The second-order valence-corrected chi connectivity index (χ2v) is 7.80. The van der Waals surface area contributed by atoms with E-state index in [-0.39, 0.29) is 5.91 Å². The maximum Gasteiger partial charge on any atom is 0.251 e. The summed E-state index contributed by atoms with van der Waals surface area (Å²) >= 11 is 1.81. The Bertz CT molecular complexity index is 483. The van der Waals surface area contributed by atoms with E-state index in [1.54, 1.807) is 0 Å². The van der Waals surface area contributed by atoms with Crippen molar-refractivity contribution in [1.29, 1.82) is 0 Å². The Morgan fingerprint density at radius 2 is 2.23 bits per heavy atom. The lowest BCUT2D eigenvalue weighted by molar-refractivity contribution is -0.139. The lowest BCUT2D eigenvalue weighted by Gasteiger charge is -2.33. The lowest BCUT2D eigenvalue weighted by Crippen LogP contribution is -2.48. The summed E-state index contributed by atoms with van der Waals surface area (Å²) in [6.07, 6.45) is 5.52. The highest BCUT2D eigenvalue weighted by Gasteiger charge is 2.38. The van der Waals surface area contributed by atoms with Crippen molar-refractivity contribution in [1.82, 2.24) is 10.2 Å². The van der Waals surface area contributed by atoms with Crippen molar-refractivity contribution in [3.63, 3.8) is 0 Å². The number of aliphatic hydroxyl groups is 1. The van der Waals surface area contributed by atoms with Crippen LogP contribution in [0.3, 0.4) is 0 Å². The zero-order valence-corrected chi connectivity index (χ0v) is 13.9. The topological polar surface area (TPSA) is 52.6 Å². The van der Waals surface area contributed by atoms with Crippen LogP contribution in [0, 0.1) is 5.92 Å². The monoisotopic (exact) mass is 322 g/mol. The summed E-state index contributed by atoms with van der Waals surface area (Å²) in [7, 11) is 0. The number of hydrogen-bond donors (Lipinski definition) is 2. The van der Waals surface area contributed by atoms with E-state index in [9.17, 15) is 9.90 Å². The summed E-state index contributed by atoms with van der Waals surface area (Å²) in [6.45, 7) is 3.90. The molecule has 2 heterocycles. The van der Waals surface area contributed by atoms with E-state index in [1.807, 2.05) is 11.3 Å². The van der Waals surface area contributed by atoms with Crippen molar-refractivity contribution in [3.05, 3.63) is 22.4 Å². The number of rotatable bonds is 5. The van der Waals surface area contributed by atoms with Crippen molar-refractivity contribution in [2.24, 2.45) is 5.92 Å². The molecule has 1 atom stereocenters. The van der Waals surface area contributed by atoms with Crippen LogP contribution in [0.2, 0.25) is 0 Å². The average molecular weight is 322 g/mol. The van der Waals surface area contributed by atoms with Gasteiger partial charge in [0.1, 0.15) is 5.60 Å². The summed E-state index contributed by atoms with van der Waals surface area (Å²) in [5, 5.41) is 15.4. The molecule has 2 fully saturated rings. The highest BCUT2D eigenvalue weighted by atomic mass is 32.1. The molecule has 122 valence electrons. The van der Waals surface area contributed by atoms with Crippen LogP contribution in [-0.2, 0) is 11.3 Å². The Morgan fingerprint density at radius 3 is 2.95 bits per heavy atom. The molecule has 1 aliphatic carbocycles. The van der Waals surface area contributed by atoms with Crippen LogP contribution in [0.15, 0.2) is 17.5 Å². The van der Waals surface area contributed by atoms with Gasteiger partial charge < -0.3 is 10.4 Å². The molecule has 3 rings (SSSR count). The third-order valence-electron chi connectivity index (χ3n) is 4.97. The highest BCUT2D eigenvalue weighted by Crippen LogP contribution is 2.29. The Kier molecular flexibility index (Phi) is 5.16. The van der Waals surface area contributed by atoms with Gasteiger partial charge in [-0.15, -0.1) is 11.3 Å². The quantitative estimate of drug-likeness (QED) is 0.875. The molecular weight excluding hydrogens is 296 g/mol. The van der Waals surface area contributed by atoms with Crippen molar-refractivity contribution >= 4 is 17.2 Å². The number of carbonyl (C=O) groups is 1. The van der Waals surface area contributed by atoms with Gasteiger partial charge in [-0.1, -0.05) is 6.07 Å². The Hall–Kier alpha value is -0.910. The molecule has 0 radical (unpaired) electrons. The van der Waals surface area contributed by atoms with Crippen molar-refractivity contribution in [2.45, 2.75) is 50.7 Å². The van der Waals surface area contributed by atoms with Crippen LogP contribution < -0.4 is 5.32 Å². The van der Waals surface area contributed by atoms with Gasteiger partial charge in [-0.3, -0.25) is 9.69 Å². The summed E-state index contributed by atoms with van der Waals surface area (Å²) in [4.78, 5) is 16.1. The summed E-state index contributed by atoms with van der Waals surface area (Å²) < 4.78 is 0. The molecule has 1 saturated carbocycles. The largest absolute Gasteiger partial charge is 0.380 e. The maximum atomic E-state index is 12.2. The number of hydrogen-bond acceptors (Lipinski definition) is 4. The Morgan fingerprint density at radius 1 is 1.41 bits per heavy atom. The number of likely N-dealkylation sites (tertiary alicyclic amines) is 1. The van der Waals surface area contributed by atoms with E-state index in [4.69, 9.17) is 0 Å². The minimum atomic E-state index is -1.09. The average Bonchev–Trinajstić information content (AvgIpc) is 3.18. The van der Waals surface area contributed by atoms with Gasteiger partial charge in [0.25, 0.3) is 5.91 Å². The van der Waals surface area contributed by atoms with Gasteiger partial charge in [0.15, 0.2) is 0 Å². The fourth-order valence-corrected chi connectivity index (χ4v) is 4.42. The minimum absolute atomic E-state index is 0.152. The van der Waals surface area contributed by atoms with Crippen LogP contribution in [0.4, 0.5) is 0 Å². The molecule has 1 aromatic rings. The second-order valence-electron chi connectivity index (χ2n) is 6.77. The molecule has 0 bridgehead atoms. The molecular formula is C17H26N2O2S. The maximum absolute atomic E-state index is 12.2. The van der Waals surface area contributed by atoms with Gasteiger partial charge in [-0.25, -0.2) is 0 Å². The molecule has 0 aromatic carbocycles. The van der Waals surface area contributed by atoms with Gasteiger partial charge in [0, 0.05) is 24.5 Å². The first-order chi connectivity index (χ1) is 10.7. The van der Waals surface area contributed by atoms with Crippen molar-refractivity contribution in [3.8, 4) is 0 Å². The molecule has 1 saturated heterocycles. The fraction of sp³-hybridized carbons (Fsp3) is 0.706. The molecule has 4 nitrogen and oxygen atoms in total. The number of amides is 1. The van der Waals surface area contributed by atoms with E-state index in [2.05, 4.69) is 27.7 Å². The van der Waals surface area contributed by atoms with Crippen molar-refractivity contribution in [2.75, 3.05) is 19.6 Å². The fourth-order valence-electron chi connectivity index (χ4n) is 3.67. The predicted molar refractivity (Wildman–Crippen MR) is 88.7 cm³/mol. The second kappa shape index (κ2) is 7.11. The predicted octanol–water partition coefficient (Wildman–Crippen LogP) is 2.38. The number of piperidine rings is 1. The Balaban J connectivity index is 1.45. The van der Waals surface area contributed by atoms with E-state index in [1.165, 1.54) is 17.7 Å². The molecule has 5 heteroatoms. The van der Waals surface area contributed by atoms with Crippen LogP contribution in [0.25, 0.3) is 0 Å². The van der Waals surface area contributed by atoms with E-state index in [0.717, 1.165) is 32.5 Å². The van der Waals surface area contributed by atoms with E-state index < -0.39 is 5.60 Å². The molecule has 2 N–H and O–H groups in total. The smallest absolute Gasteiger partial charge is 0.251 e. The first kappa shape index (κ1) is 16.0. The number of nitrogens with one attached hydrogen (secondary N) is 1. The third kappa shape index (κ3) is 3.89.